The van der Waals surface area contributed by atoms with Crippen LogP contribution in [0.25, 0.3) is 0 Å². The third-order valence-corrected chi connectivity index (χ3v) is 4.17. The topological polar surface area (TPSA) is 133 Å². The number of carboxylic acids is 1. The van der Waals surface area contributed by atoms with Crippen LogP contribution in [0.15, 0.2) is 42.9 Å². The van der Waals surface area contributed by atoms with Gasteiger partial charge in [0.2, 0.25) is 5.91 Å². The number of hydrogen-bond acceptors (Lipinski definition) is 5. The number of aromatic nitrogens is 2. The van der Waals surface area contributed by atoms with Gasteiger partial charge in [0.1, 0.15) is 17.7 Å². The van der Waals surface area contributed by atoms with Gasteiger partial charge in [0.15, 0.2) is 0 Å². The average molecular weight is 416 g/mol. The minimum Gasteiger partial charge on any atom is -0.480 e. The number of aryl methyl sites for hydroxylation is 1. The number of benzene rings is 1. The highest BCUT2D eigenvalue weighted by molar-refractivity contribution is 5.89. The van der Waals surface area contributed by atoms with Crippen molar-refractivity contribution in [1.29, 1.82) is 0 Å². The Labute approximate surface area is 175 Å². The number of aliphatic carboxylic acids is 1. The summed E-state index contributed by atoms with van der Waals surface area (Å²) in [6, 6.07) is 7.37. The number of carboxylic acid groups (broad SMARTS) is 1. The molecule has 162 valence electrons. The van der Waals surface area contributed by atoms with Gasteiger partial charge in [-0.3, -0.25) is 4.79 Å². The van der Waals surface area contributed by atoms with Crippen molar-refractivity contribution < 1.29 is 24.2 Å². The number of ether oxygens (including phenoxy) is 1. The Morgan fingerprint density at radius 1 is 1.13 bits per heavy atom. The number of aromatic amines is 1. The number of carbonyl (C=O) groups is 3. The molecule has 2 atom stereocenters. The Hall–Kier alpha value is -3.36. The number of amides is 2. The molecule has 9 nitrogen and oxygen atoms in total. The van der Waals surface area contributed by atoms with E-state index in [1.54, 1.807) is 20.8 Å². The standard InChI is InChI=1S/C21H28N4O5/c1-21(2,3)30-20(29)25-16(10-9-14-7-5-4-6-8-14)18(26)24-17(19(27)28)11-15-12-22-13-23-15/h4-8,12-13,16-17H,9-11H2,1-3H3,(H,22,23)(H,24,26)(H,25,29)(H,27,28)/t16?,17-/m0/s1. The highest BCUT2D eigenvalue weighted by Crippen LogP contribution is 2.10. The summed E-state index contributed by atoms with van der Waals surface area (Å²) < 4.78 is 5.25. The fourth-order valence-electron chi connectivity index (χ4n) is 2.76. The monoisotopic (exact) mass is 416 g/mol. The molecule has 0 saturated heterocycles. The summed E-state index contributed by atoms with van der Waals surface area (Å²) in [6.45, 7) is 5.16. The maximum absolute atomic E-state index is 12.8. The molecule has 9 heteroatoms. The first-order valence-corrected chi connectivity index (χ1v) is 9.68. The zero-order valence-electron chi connectivity index (χ0n) is 17.3. The van der Waals surface area contributed by atoms with Crippen LogP contribution in [0.3, 0.4) is 0 Å². The third-order valence-electron chi connectivity index (χ3n) is 4.17. The molecule has 2 rings (SSSR count). The van der Waals surface area contributed by atoms with Crippen LogP contribution in [0.2, 0.25) is 0 Å². The van der Waals surface area contributed by atoms with Crippen molar-refractivity contribution in [1.82, 2.24) is 20.6 Å². The molecule has 1 aromatic carbocycles. The van der Waals surface area contributed by atoms with Crippen LogP contribution in [0.4, 0.5) is 4.79 Å². The van der Waals surface area contributed by atoms with E-state index in [1.165, 1.54) is 12.5 Å². The molecule has 0 radical (unpaired) electrons. The van der Waals surface area contributed by atoms with Crippen molar-refractivity contribution in [3.63, 3.8) is 0 Å². The van der Waals surface area contributed by atoms with Gasteiger partial charge >= 0.3 is 12.1 Å². The van der Waals surface area contributed by atoms with Crippen molar-refractivity contribution in [2.24, 2.45) is 0 Å². The number of imidazole rings is 1. The summed E-state index contributed by atoms with van der Waals surface area (Å²) >= 11 is 0. The molecule has 0 saturated carbocycles. The second kappa shape index (κ2) is 10.4. The Kier molecular flexibility index (Phi) is 7.97. The van der Waals surface area contributed by atoms with Gasteiger partial charge in [-0.15, -0.1) is 0 Å². The summed E-state index contributed by atoms with van der Waals surface area (Å²) in [5.74, 6) is -1.78. The smallest absolute Gasteiger partial charge is 0.408 e. The lowest BCUT2D eigenvalue weighted by molar-refractivity contribution is -0.142. The second-order valence-electron chi connectivity index (χ2n) is 7.90. The molecule has 0 bridgehead atoms. The Morgan fingerprint density at radius 3 is 2.40 bits per heavy atom. The predicted octanol–water partition coefficient (Wildman–Crippen LogP) is 2.05. The summed E-state index contributed by atoms with van der Waals surface area (Å²) in [6.07, 6.45) is 3.03. The number of rotatable bonds is 9. The van der Waals surface area contributed by atoms with Crippen molar-refractivity contribution >= 4 is 18.0 Å². The average Bonchev–Trinajstić information content (AvgIpc) is 3.17. The van der Waals surface area contributed by atoms with Crippen molar-refractivity contribution in [3.05, 3.63) is 54.1 Å². The Morgan fingerprint density at radius 2 is 1.83 bits per heavy atom. The van der Waals surface area contributed by atoms with E-state index in [1.807, 2.05) is 30.3 Å². The fraction of sp³-hybridized carbons (Fsp3) is 0.429. The lowest BCUT2D eigenvalue weighted by Gasteiger charge is -2.24. The first-order valence-electron chi connectivity index (χ1n) is 9.68. The molecule has 2 aromatic rings. The van der Waals surface area contributed by atoms with Gasteiger partial charge in [-0.1, -0.05) is 30.3 Å². The molecule has 2 amide bonds. The van der Waals surface area contributed by atoms with Gasteiger partial charge < -0.3 is 25.5 Å². The first kappa shape index (κ1) is 22.9. The first-order chi connectivity index (χ1) is 14.1. The molecule has 0 spiro atoms. The molecular formula is C21H28N4O5. The molecule has 1 unspecified atom stereocenters. The number of nitrogens with one attached hydrogen (secondary N) is 3. The van der Waals surface area contributed by atoms with E-state index in [9.17, 15) is 19.5 Å². The maximum atomic E-state index is 12.8. The summed E-state index contributed by atoms with van der Waals surface area (Å²) in [4.78, 5) is 43.3. The lowest BCUT2D eigenvalue weighted by Crippen LogP contribution is -2.53. The van der Waals surface area contributed by atoms with Crippen molar-refractivity contribution in [3.8, 4) is 0 Å². The van der Waals surface area contributed by atoms with Crippen molar-refractivity contribution in [2.45, 2.75) is 57.7 Å². The van der Waals surface area contributed by atoms with Crippen molar-refractivity contribution in [2.75, 3.05) is 0 Å². The van der Waals surface area contributed by atoms with Gasteiger partial charge in [-0.05, 0) is 39.2 Å². The molecule has 0 aliphatic heterocycles. The molecule has 4 N–H and O–H groups in total. The van der Waals surface area contributed by atoms with E-state index >= 15 is 0 Å². The molecule has 1 aromatic heterocycles. The number of nitrogens with zero attached hydrogens (tertiary/aromatic N) is 1. The van der Waals surface area contributed by atoms with Gasteiger partial charge in [0, 0.05) is 18.3 Å². The molecule has 30 heavy (non-hydrogen) atoms. The number of carbonyl (C=O) groups excluding carboxylic acids is 2. The minimum absolute atomic E-state index is 0.0406. The Balaban J connectivity index is 2.08. The predicted molar refractivity (Wildman–Crippen MR) is 110 cm³/mol. The van der Waals surface area contributed by atoms with Crippen LogP contribution in [0, 0.1) is 0 Å². The van der Waals surface area contributed by atoms with E-state index in [0.717, 1.165) is 5.56 Å². The maximum Gasteiger partial charge on any atom is 0.408 e. The van der Waals surface area contributed by atoms with Crippen LogP contribution in [0.5, 0.6) is 0 Å². The Bertz CT molecular complexity index is 831. The lowest BCUT2D eigenvalue weighted by atomic mass is 10.0. The largest absolute Gasteiger partial charge is 0.480 e. The SMILES string of the molecule is CC(C)(C)OC(=O)NC(CCc1ccccc1)C(=O)N[C@@H](Cc1cnc[nH]1)C(=O)O. The number of alkyl carbamates (subject to hydrolysis) is 1. The molecule has 1 heterocycles. The van der Waals surface area contributed by atoms with Crippen LogP contribution < -0.4 is 10.6 Å². The van der Waals surface area contributed by atoms with Gasteiger partial charge in [-0.25, -0.2) is 14.6 Å². The van der Waals surface area contributed by atoms with Crippen LogP contribution >= 0.6 is 0 Å². The van der Waals surface area contributed by atoms with Crippen LogP contribution in [-0.4, -0.2) is 50.7 Å². The van der Waals surface area contributed by atoms with E-state index in [2.05, 4.69) is 20.6 Å². The number of hydrogen-bond donors (Lipinski definition) is 4. The van der Waals surface area contributed by atoms with E-state index in [4.69, 9.17) is 4.74 Å². The fourth-order valence-corrected chi connectivity index (χ4v) is 2.76. The molecule has 0 aliphatic carbocycles. The zero-order chi connectivity index (χ0) is 22.1. The minimum atomic E-state index is -1.18. The van der Waals surface area contributed by atoms with E-state index in [0.29, 0.717) is 12.1 Å². The number of H-pyrrole nitrogens is 1. The van der Waals surface area contributed by atoms with Gasteiger partial charge in [0.05, 0.1) is 6.33 Å². The van der Waals surface area contributed by atoms with Gasteiger partial charge in [-0.2, -0.15) is 0 Å². The highest BCUT2D eigenvalue weighted by Gasteiger charge is 2.28. The second-order valence-corrected chi connectivity index (χ2v) is 7.90. The van der Waals surface area contributed by atoms with Gasteiger partial charge in [0.25, 0.3) is 0 Å². The summed E-state index contributed by atoms with van der Waals surface area (Å²) in [7, 11) is 0. The highest BCUT2D eigenvalue weighted by atomic mass is 16.6. The summed E-state index contributed by atoms with van der Waals surface area (Å²) in [5, 5.41) is 14.5. The van der Waals surface area contributed by atoms with Crippen LogP contribution in [0.1, 0.15) is 38.4 Å². The quantitative estimate of drug-likeness (QED) is 0.494. The molecular weight excluding hydrogens is 388 g/mol. The van der Waals surface area contributed by atoms with E-state index in [-0.39, 0.29) is 12.8 Å². The van der Waals surface area contributed by atoms with E-state index < -0.39 is 35.7 Å². The van der Waals surface area contributed by atoms with Crippen LogP contribution in [-0.2, 0) is 27.2 Å². The normalized spacial score (nSPS) is 13.2. The summed E-state index contributed by atoms with van der Waals surface area (Å²) in [5.41, 5.74) is 0.839. The molecule has 0 fully saturated rings. The zero-order valence-corrected chi connectivity index (χ0v) is 17.3. The molecule has 0 aliphatic rings. The third kappa shape index (κ3) is 7.94.